The first kappa shape index (κ1) is 9.93. The lowest BCUT2D eigenvalue weighted by atomic mass is 10.0. The smallest absolute Gasteiger partial charge is 0.150 e. The molecule has 1 heterocycles. The van der Waals surface area contributed by atoms with Gasteiger partial charge in [0.2, 0.25) is 0 Å². The molecule has 0 saturated heterocycles. The summed E-state index contributed by atoms with van der Waals surface area (Å²) in [6.45, 7) is 0. The normalized spacial score (nSPS) is 10.3. The molecule has 0 aliphatic rings. The van der Waals surface area contributed by atoms with Gasteiger partial charge in [-0.3, -0.25) is 9.48 Å². The van der Waals surface area contributed by atoms with Crippen LogP contribution in [0.15, 0.2) is 30.6 Å². The number of aldehydes is 1. The molecule has 1 aromatic carbocycles. The molecule has 0 spiro atoms. The van der Waals surface area contributed by atoms with Crippen molar-refractivity contribution in [2.24, 2.45) is 7.05 Å². The van der Waals surface area contributed by atoms with E-state index in [1.54, 1.807) is 23.0 Å². The van der Waals surface area contributed by atoms with Crippen LogP contribution in [0, 0.1) is 0 Å². The Hall–Kier alpha value is -1.61. The molecule has 0 amide bonds. The fraction of sp³-hybridized carbons (Fsp3) is 0.0909. The quantitative estimate of drug-likeness (QED) is 0.729. The molecule has 0 fully saturated rings. The van der Waals surface area contributed by atoms with E-state index in [1.807, 2.05) is 19.3 Å². The Labute approximate surface area is 92.3 Å². The largest absolute Gasteiger partial charge is 0.298 e. The highest BCUT2D eigenvalue weighted by atomic mass is 35.5. The van der Waals surface area contributed by atoms with Crippen molar-refractivity contribution in [1.82, 2.24) is 9.78 Å². The van der Waals surface area contributed by atoms with Crippen LogP contribution in [0.4, 0.5) is 0 Å². The first-order chi connectivity index (χ1) is 7.20. The van der Waals surface area contributed by atoms with Gasteiger partial charge in [0.15, 0.2) is 6.29 Å². The summed E-state index contributed by atoms with van der Waals surface area (Å²) in [4.78, 5) is 10.9. The maximum atomic E-state index is 10.9. The number of carbonyl (C=O) groups excluding carboxylic acids is 1. The van der Waals surface area contributed by atoms with Crippen LogP contribution in [0.5, 0.6) is 0 Å². The predicted molar refractivity (Wildman–Crippen MR) is 59.0 cm³/mol. The lowest BCUT2D eigenvalue weighted by molar-refractivity contribution is 0.112. The highest BCUT2D eigenvalue weighted by Crippen LogP contribution is 2.24. The van der Waals surface area contributed by atoms with Crippen LogP contribution >= 0.6 is 11.6 Å². The van der Waals surface area contributed by atoms with Gasteiger partial charge < -0.3 is 0 Å². The van der Waals surface area contributed by atoms with Crippen LogP contribution < -0.4 is 0 Å². The topological polar surface area (TPSA) is 34.9 Å². The highest BCUT2D eigenvalue weighted by Gasteiger charge is 2.06. The molecule has 0 saturated carbocycles. The van der Waals surface area contributed by atoms with E-state index in [0.717, 1.165) is 17.4 Å². The first-order valence-corrected chi connectivity index (χ1v) is 4.82. The van der Waals surface area contributed by atoms with Crippen molar-refractivity contribution >= 4 is 17.9 Å². The number of benzene rings is 1. The fourth-order valence-electron chi connectivity index (χ4n) is 1.45. The number of hydrogen-bond acceptors (Lipinski definition) is 2. The molecule has 2 aromatic rings. The van der Waals surface area contributed by atoms with Crippen molar-refractivity contribution in [2.45, 2.75) is 0 Å². The summed E-state index contributed by atoms with van der Waals surface area (Å²) in [7, 11) is 1.83. The first-order valence-electron chi connectivity index (χ1n) is 4.44. The van der Waals surface area contributed by atoms with Crippen molar-refractivity contribution in [1.29, 1.82) is 0 Å². The molecule has 0 N–H and O–H groups in total. The van der Waals surface area contributed by atoms with Crippen LogP contribution in [0.1, 0.15) is 10.4 Å². The van der Waals surface area contributed by atoms with Gasteiger partial charge in [-0.2, -0.15) is 5.10 Å². The maximum Gasteiger partial charge on any atom is 0.150 e. The number of rotatable bonds is 2. The van der Waals surface area contributed by atoms with Crippen molar-refractivity contribution in [2.75, 3.05) is 0 Å². The molecule has 0 aliphatic heterocycles. The number of aromatic nitrogens is 2. The minimum Gasteiger partial charge on any atom is -0.298 e. The van der Waals surface area contributed by atoms with E-state index in [0.29, 0.717) is 10.6 Å². The van der Waals surface area contributed by atoms with Gasteiger partial charge in [0.1, 0.15) is 0 Å². The molecule has 2 rings (SSSR count). The Balaban J connectivity index is 2.57. The summed E-state index contributed by atoms with van der Waals surface area (Å²) in [5, 5.41) is 4.62. The molecule has 0 radical (unpaired) electrons. The molecular formula is C11H9ClN2O. The van der Waals surface area contributed by atoms with E-state index in [2.05, 4.69) is 5.10 Å². The molecule has 1 aromatic heterocycles. The summed E-state index contributed by atoms with van der Waals surface area (Å²) >= 11 is 5.81. The zero-order valence-electron chi connectivity index (χ0n) is 8.14. The lowest BCUT2D eigenvalue weighted by Crippen LogP contribution is -1.87. The zero-order chi connectivity index (χ0) is 10.8. The van der Waals surface area contributed by atoms with Gasteiger partial charge in [-0.25, -0.2) is 0 Å². The Kier molecular flexibility index (Phi) is 2.56. The van der Waals surface area contributed by atoms with E-state index in [1.165, 1.54) is 0 Å². The number of halogens is 1. The molecule has 0 unspecified atom stereocenters. The Morgan fingerprint density at radius 1 is 1.47 bits per heavy atom. The van der Waals surface area contributed by atoms with E-state index in [9.17, 15) is 4.79 Å². The highest BCUT2D eigenvalue weighted by molar-refractivity contribution is 6.31. The van der Waals surface area contributed by atoms with Crippen LogP contribution in [0.3, 0.4) is 0 Å². The van der Waals surface area contributed by atoms with Crippen LogP contribution in [0.2, 0.25) is 5.02 Å². The molecule has 0 aliphatic carbocycles. The number of carbonyl (C=O) groups is 1. The molecule has 0 atom stereocenters. The van der Waals surface area contributed by atoms with Crippen molar-refractivity contribution in [3.63, 3.8) is 0 Å². The zero-order valence-corrected chi connectivity index (χ0v) is 8.90. The minimum absolute atomic E-state index is 0.560. The van der Waals surface area contributed by atoms with E-state index in [-0.39, 0.29) is 0 Å². The second-order valence-electron chi connectivity index (χ2n) is 3.25. The van der Waals surface area contributed by atoms with Crippen LogP contribution in [0.25, 0.3) is 11.1 Å². The predicted octanol–water partition coefficient (Wildman–Crippen LogP) is 2.55. The Bertz CT molecular complexity index is 505. The van der Waals surface area contributed by atoms with Gasteiger partial charge in [0.25, 0.3) is 0 Å². The van der Waals surface area contributed by atoms with Gasteiger partial charge >= 0.3 is 0 Å². The van der Waals surface area contributed by atoms with Crippen LogP contribution in [-0.2, 0) is 7.05 Å². The third kappa shape index (κ3) is 1.92. The number of nitrogens with zero attached hydrogens (tertiary/aromatic N) is 2. The Morgan fingerprint density at radius 3 is 2.87 bits per heavy atom. The summed E-state index contributed by atoms with van der Waals surface area (Å²) < 4.78 is 1.69. The SMILES string of the molecule is Cn1cc(-c2ccc(Cl)cc2C=O)cn1. The molecule has 3 nitrogen and oxygen atoms in total. The lowest BCUT2D eigenvalue weighted by Gasteiger charge is -2.01. The molecule has 15 heavy (non-hydrogen) atoms. The van der Waals surface area contributed by atoms with E-state index < -0.39 is 0 Å². The summed E-state index contributed by atoms with van der Waals surface area (Å²) in [5.74, 6) is 0. The number of hydrogen-bond donors (Lipinski definition) is 0. The van der Waals surface area contributed by atoms with Crippen molar-refractivity contribution in [3.8, 4) is 11.1 Å². The standard InChI is InChI=1S/C11H9ClN2O/c1-14-6-9(5-13-14)11-3-2-10(12)4-8(11)7-15/h2-7H,1H3. The second kappa shape index (κ2) is 3.87. The van der Waals surface area contributed by atoms with Crippen molar-refractivity contribution in [3.05, 3.63) is 41.2 Å². The minimum atomic E-state index is 0.560. The summed E-state index contributed by atoms with van der Waals surface area (Å²) in [5.41, 5.74) is 2.34. The average molecular weight is 221 g/mol. The maximum absolute atomic E-state index is 10.9. The fourth-order valence-corrected chi connectivity index (χ4v) is 1.63. The van der Waals surface area contributed by atoms with E-state index in [4.69, 9.17) is 11.6 Å². The second-order valence-corrected chi connectivity index (χ2v) is 3.69. The number of aryl methyl sites for hydroxylation is 1. The molecular weight excluding hydrogens is 212 g/mol. The molecule has 76 valence electrons. The summed E-state index contributed by atoms with van der Waals surface area (Å²) in [6, 6.07) is 5.23. The van der Waals surface area contributed by atoms with Gasteiger partial charge in [-0.1, -0.05) is 17.7 Å². The van der Waals surface area contributed by atoms with Crippen molar-refractivity contribution < 1.29 is 4.79 Å². The van der Waals surface area contributed by atoms with E-state index >= 15 is 0 Å². The summed E-state index contributed by atoms with van der Waals surface area (Å²) in [6.07, 6.45) is 4.38. The van der Waals surface area contributed by atoms with Gasteiger partial charge in [0.05, 0.1) is 6.20 Å². The van der Waals surface area contributed by atoms with Gasteiger partial charge in [-0.05, 0) is 17.7 Å². The van der Waals surface area contributed by atoms with Gasteiger partial charge in [0, 0.05) is 29.4 Å². The van der Waals surface area contributed by atoms with Crippen LogP contribution in [-0.4, -0.2) is 16.1 Å². The van der Waals surface area contributed by atoms with Gasteiger partial charge in [-0.15, -0.1) is 0 Å². The third-order valence-corrected chi connectivity index (χ3v) is 2.39. The monoisotopic (exact) mass is 220 g/mol. The Morgan fingerprint density at radius 2 is 2.27 bits per heavy atom. The molecule has 0 bridgehead atoms. The molecule has 4 heteroatoms. The average Bonchev–Trinajstić information content (AvgIpc) is 2.64. The third-order valence-electron chi connectivity index (χ3n) is 2.16.